The van der Waals surface area contributed by atoms with Crippen LogP contribution in [0.2, 0.25) is 0 Å². The molecule has 15 heavy (non-hydrogen) atoms. The Morgan fingerprint density at radius 2 is 1.87 bits per heavy atom. The third-order valence-corrected chi connectivity index (χ3v) is 2.77. The van der Waals surface area contributed by atoms with Crippen molar-refractivity contribution in [2.45, 2.75) is 32.6 Å². The van der Waals surface area contributed by atoms with E-state index >= 15 is 0 Å². The van der Waals surface area contributed by atoms with Crippen LogP contribution < -0.4 is 0 Å². The summed E-state index contributed by atoms with van der Waals surface area (Å²) >= 11 is 0. The fourth-order valence-corrected chi connectivity index (χ4v) is 1.72. The highest BCUT2D eigenvalue weighted by atomic mass is 16.2. The predicted octanol–water partition coefficient (Wildman–Crippen LogP) is 0.867. The fourth-order valence-electron chi connectivity index (χ4n) is 1.72. The molecule has 1 heterocycles. The molecule has 0 aromatic rings. The lowest BCUT2D eigenvalue weighted by molar-refractivity contribution is -0.150. The maximum atomic E-state index is 11.7. The Labute approximate surface area is 91.2 Å². The van der Waals surface area contributed by atoms with Crippen LogP contribution in [0, 0.1) is 0 Å². The number of likely N-dealkylation sites (N-methyl/N-ethyl adjacent to an activating group) is 1. The number of nitrogens with zero attached hydrogens (tertiary/aromatic N) is 2. The summed E-state index contributed by atoms with van der Waals surface area (Å²) in [6.45, 7) is 4.23. The summed E-state index contributed by atoms with van der Waals surface area (Å²) in [5.74, 6) is -0.684. The second-order valence-corrected chi connectivity index (χ2v) is 4.08. The van der Waals surface area contributed by atoms with Crippen molar-refractivity contribution in [3.8, 4) is 0 Å². The maximum absolute atomic E-state index is 11.7. The van der Waals surface area contributed by atoms with E-state index in [1.807, 2.05) is 0 Å². The van der Waals surface area contributed by atoms with E-state index in [9.17, 15) is 9.59 Å². The number of likely N-dealkylation sites (tertiary alicyclic amines) is 1. The summed E-state index contributed by atoms with van der Waals surface area (Å²) in [5.41, 5.74) is 0. The summed E-state index contributed by atoms with van der Waals surface area (Å²) in [5, 5.41) is 0. The molecule has 0 aromatic carbocycles. The molecule has 1 saturated heterocycles. The average Bonchev–Trinajstić information content (AvgIpc) is 2.77. The maximum Gasteiger partial charge on any atom is 0.312 e. The molecule has 1 aliphatic heterocycles. The molecule has 86 valence electrons. The number of carbonyl (C=O) groups is 2. The zero-order valence-corrected chi connectivity index (χ0v) is 9.66. The monoisotopic (exact) mass is 212 g/mol. The van der Waals surface area contributed by atoms with Crippen LogP contribution >= 0.6 is 0 Å². The quantitative estimate of drug-likeness (QED) is 0.651. The van der Waals surface area contributed by atoms with Crippen molar-refractivity contribution >= 4 is 11.8 Å². The molecule has 0 radical (unpaired) electrons. The van der Waals surface area contributed by atoms with Crippen molar-refractivity contribution in [2.24, 2.45) is 0 Å². The van der Waals surface area contributed by atoms with Gasteiger partial charge in [-0.2, -0.15) is 0 Å². The summed E-state index contributed by atoms with van der Waals surface area (Å²) in [6, 6.07) is 0. The smallest absolute Gasteiger partial charge is 0.312 e. The van der Waals surface area contributed by atoms with Crippen molar-refractivity contribution in [1.29, 1.82) is 0 Å². The Balaban J connectivity index is 2.40. The first-order valence-electron chi connectivity index (χ1n) is 5.71. The van der Waals surface area contributed by atoms with Gasteiger partial charge >= 0.3 is 11.8 Å². The zero-order chi connectivity index (χ0) is 11.3. The van der Waals surface area contributed by atoms with Crippen LogP contribution in [-0.2, 0) is 9.59 Å². The highest BCUT2D eigenvalue weighted by molar-refractivity contribution is 6.34. The van der Waals surface area contributed by atoms with Gasteiger partial charge in [-0.15, -0.1) is 0 Å². The van der Waals surface area contributed by atoms with Crippen molar-refractivity contribution in [3.63, 3.8) is 0 Å². The van der Waals surface area contributed by atoms with Crippen molar-refractivity contribution in [3.05, 3.63) is 0 Å². The number of hydrogen-bond donors (Lipinski definition) is 0. The molecule has 0 aromatic heterocycles. The highest BCUT2D eigenvalue weighted by Gasteiger charge is 2.26. The standard InChI is InChI=1S/C11H20N2O2/c1-3-4-7-12(2)10(14)11(15)13-8-5-6-9-13/h3-9H2,1-2H3. The summed E-state index contributed by atoms with van der Waals surface area (Å²) in [4.78, 5) is 26.5. The minimum atomic E-state index is -0.356. The molecule has 1 aliphatic rings. The summed E-state index contributed by atoms with van der Waals surface area (Å²) in [7, 11) is 1.70. The highest BCUT2D eigenvalue weighted by Crippen LogP contribution is 2.08. The van der Waals surface area contributed by atoms with Crippen LogP contribution in [0.3, 0.4) is 0 Å². The van der Waals surface area contributed by atoms with Crippen LogP contribution in [-0.4, -0.2) is 48.3 Å². The van der Waals surface area contributed by atoms with Crippen molar-refractivity contribution < 1.29 is 9.59 Å². The molecule has 0 atom stereocenters. The Morgan fingerprint density at radius 3 is 2.40 bits per heavy atom. The average molecular weight is 212 g/mol. The molecule has 0 N–H and O–H groups in total. The van der Waals surface area contributed by atoms with Gasteiger partial charge in [0.2, 0.25) is 0 Å². The molecule has 1 rings (SSSR count). The van der Waals surface area contributed by atoms with Gasteiger partial charge in [-0.25, -0.2) is 0 Å². The molecule has 2 amide bonds. The van der Waals surface area contributed by atoms with Crippen LogP contribution in [0.25, 0.3) is 0 Å². The topological polar surface area (TPSA) is 40.6 Å². The van der Waals surface area contributed by atoms with Gasteiger partial charge < -0.3 is 9.80 Å². The lowest BCUT2D eigenvalue weighted by Crippen LogP contribution is -2.42. The molecule has 0 bridgehead atoms. The van der Waals surface area contributed by atoms with Crippen LogP contribution in [0.1, 0.15) is 32.6 Å². The molecule has 4 heteroatoms. The molecular formula is C11H20N2O2. The van der Waals surface area contributed by atoms with Gasteiger partial charge in [0.15, 0.2) is 0 Å². The van der Waals surface area contributed by atoms with E-state index in [-0.39, 0.29) is 11.8 Å². The van der Waals surface area contributed by atoms with Crippen molar-refractivity contribution in [1.82, 2.24) is 9.80 Å². The molecule has 0 spiro atoms. The van der Waals surface area contributed by atoms with Gasteiger partial charge in [0, 0.05) is 26.7 Å². The van der Waals surface area contributed by atoms with E-state index in [1.165, 1.54) is 4.90 Å². The van der Waals surface area contributed by atoms with Crippen molar-refractivity contribution in [2.75, 3.05) is 26.7 Å². The lowest BCUT2D eigenvalue weighted by atomic mass is 10.3. The van der Waals surface area contributed by atoms with E-state index in [0.29, 0.717) is 6.54 Å². The minimum Gasteiger partial charge on any atom is -0.338 e. The fraction of sp³-hybridized carbons (Fsp3) is 0.818. The van der Waals surface area contributed by atoms with Gasteiger partial charge in [-0.1, -0.05) is 13.3 Å². The van der Waals surface area contributed by atoms with E-state index in [0.717, 1.165) is 38.8 Å². The number of amides is 2. The van der Waals surface area contributed by atoms with Crippen LogP contribution in [0.4, 0.5) is 0 Å². The second kappa shape index (κ2) is 5.73. The lowest BCUT2D eigenvalue weighted by Gasteiger charge is -2.20. The Morgan fingerprint density at radius 1 is 1.27 bits per heavy atom. The molecular weight excluding hydrogens is 192 g/mol. The SMILES string of the molecule is CCCCN(C)C(=O)C(=O)N1CCCC1. The first-order valence-corrected chi connectivity index (χ1v) is 5.71. The van der Waals surface area contributed by atoms with E-state index in [2.05, 4.69) is 6.92 Å². The number of hydrogen-bond acceptors (Lipinski definition) is 2. The number of rotatable bonds is 3. The van der Waals surface area contributed by atoms with Gasteiger partial charge in [0.25, 0.3) is 0 Å². The molecule has 0 saturated carbocycles. The third-order valence-electron chi connectivity index (χ3n) is 2.77. The summed E-state index contributed by atoms with van der Waals surface area (Å²) < 4.78 is 0. The van der Waals surface area contributed by atoms with Crippen LogP contribution in [0.15, 0.2) is 0 Å². The van der Waals surface area contributed by atoms with E-state index in [1.54, 1.807) is 11.9 Å². The van der Waals surface area contributed by atoms with Gasteiger partial charge in [0.05, 0.1) is 0 Å². The van der Waals surface area contributed by atoms with Crippen LogP contribution in [0.5, 0.6) is 0 Å². The Hall–Kier alpha value is -1.06. The van der Waals surface area contributed by atoms with Gasteiger partial charge in [-0.05, 0) is 19.3 Å². The minimum absolute atomic E-state index is 0.328. The largest absolute Gasteiger partial charge is 0.338 e. The van der Waals surface area contributed by atoms with Gasteiger partial charge in [-0.3, -0.25) is 9.59 Å². The normalized spacial score (nSPS) is 15.5. The third kappa shape index (κ3) is 3.22. The second-order valence-electron chi connectivity index (χ2n) is 4.08. The summed E-state index contributed by atoms with van der Waals surface area (Å²) in [6.07, 6.45) is 4.04. The van der Waals surface area contributed by atoms with Gasteiger partial charge in [0.1, 0.15) is 0 Å². The van der Waals surface area contributed by atoms with E-state index < -0.39 is 0 Å². The molecule has 0 unspecified atom stereocenters. The first kappa shape index (κ1) is 12.0. The molecule has 0 aliphatic carbocycles. The molecule has 4 nitrogen and oxygen atoms in total. The first-order chi connectivity index (χ1) is 7.16. The number of carbonyl (C=O) groups excluding carboxylic acids is 2. The Bertz CT molecular complexity index is 235. The van der Waals surface area contributed by atoms with E-state index in [4.69, 9.17) is 0 Å². The predicted molar refractivity (Wildman–Crippen MR) is 58.4 cm³/mol. The molecule has 1 fully saturated rings. The Kier molecular flexibility index (Phi) is 4.59. The number of unbranched alkanes of at least 4 members (excludes halogenated alkanes) is 1. The zero-order valence-electron chi connectivity index (χ0n) is 9.66.